The molecule has 2 aromatic heterocycles. The molecule has 0 spiro atoms. The highest BCUT2D eigenvalue weighted by molar-refractivity contribution is 5.89. The fourth-order valence-corrected chi connectivity index (χ4v) is 5.74. The van der Waals surface area contributed by atoms with Crippen LogP contribution in [0.5, 0.6) is 5.75 Å². The zero-order valence-corrected chi connectivity index (χ0v) is 21.8. The maximum absolute atomic E-state index is 12.1. The first kappa shape index (κ1) is 24.4. The number of nitrogens with zero attached hydrogens (tertiary/aromatic N) is 5. The van der Waals surface area contributed by atoms with Crippen LogP contribution in [-0.2, 0) is 7.05 Å². The molecule has 196 valence electrons. The Morgan fingerprint density at radius 1 is 1.05 bits per heavy atom. The number of carboxylic acids is 1. The molecule has 4 aromatic rings. The monoisotopic (exact) mass is 511 g/mol. The van der Waals surface area contributed by atoms with E-state index in [0.29, 0.717) is 11.6 Å². The van der Waals surface area contributed by atoms with Crippen LogP contribution in [0.3, 0.4) is 0 Å². The van der Waals surface area contributed by atoms with Gasteiger partial charge in [-0.2, -0.15) is 5.10 Å². The van der Waals surface area contributed by atoms with Crippen LogP contribution in [0.15, 0.2) is 60.9 Å². The second kappa shape index (κ2) is 10.1. The number of hydrogen-bond donors (Lipinski definition) is 1. The van der Waals surface area contributed by atoms with Crippen LogP contribution in [0.1, 0.15) is 72.6 Å². The van der Waals surface area contributed by atoms with Gasteiger partial charge in [-0.3, -0.25) is 4.68 Å². The van der Waals surface area contributed by atoms with Crippen LogP contribution in [0.25, 0.3) is 16.8 Å². The van der Waals surface area contributed by atoms with Gasteiger partial charge in [0.25, 0.3) is 0 Å². The summed E-state index contributed by atoms with van der Waals surface area (Å²) in [5.74, 6) is 1.55. The maximum atomic E-state index is 12.1. The molecule has 8 nitrogen and oxygen atoms in total. The Kier molecular flexibility index (Phi) is 6.47. The molecule has 2 aromatic carbocycles. The average molecular weight is 512 g/mol. The van der Waals surface area contributed by atoms with Gasteiger partial charge in [0.2, 0.25) is 0 Å². The van der Waals surface area contributed by atoms with E-state index in [0.717, 1.165) is 47.2 Å². The summed E-state index contributed by atoms with van der Waals surface area (Å²) in [6, 6.07) is 16.3. The van der Waals surface area contributed by atoms with Crippen LogP contribution in [0.2, 0.25) is 0 Å². The minimum atomic E-state index is -0.968. The highest BCUT2D eigenvalue weighted by Gasteiger charge is 2.46. The predicted molar refractivity (Wildman–Crippen MR) is 144 cm³/mol. The first-order valence-corrected chi connectivity index (χ1v) is 13.5. The van der Waals surface area contributed by atoms with Gasteiger partial charge in [-0.1, -0.05) is 49.2 Å². The second-order valence-corrected chi connectivity index (χ2v) is 10.9. The van der Waals surface area contributed by atoms with Gasteiger partial charge < -0.3 is 9.84 Å². The van der Waals surface area contributed by atoms with Crippen molar-refractivity contribution in [2.75, 3.05) is 6.61 Å². The van der Waals surface area contributed by atoms with Crippen LogP contribution < -0.4 is 4.74 Å². The first-order chi connectivity index (χ1) is 18.5. The number of ether oxygens (including phenoxy) is 1. The quantitative estimate of drug-likeness (QED) is 0.319. The summed E-state index contributed by atoms with van der Waals surface area (Å²) in [6.45, 7) is 3.10. The van der Waals surface area contributed by atoms with E-state index in [2.05, 4.69) is 46.6 Å². The first-order valence-electron chi connectivity index (χ1n) is 13.5. The van der Waals surface area contributed by atoms with Crippen molar-refractivity contribution in [3.05, 3.63) is 77.9 Å². The molecule has 0 bridgehead atoms. The molecule has 2 heterocycles. The van der Waals surface area contributed by atoms with E-state index in [-0.39, 0.29) is 17.4 Å². The molecule has 2 aliphatic carbocycles. The van der Waals surface area contributed by atoms with Gasteiger partial charge in [0, 0.05) is 25.1 Å². The molecule has 2 saturated carbocycles. The number of aryl methyl sites for hydroxylation is 1. The third kappa shape index (κ3) is 4.95. The lowest BCUT2D eigenvalue weighted by Crippen LogP contribution is -2.18. The van der Waals surface area contributed by atoms with Crippen molar-refractivity contribution in [2.24, 2.45) is 18.9 Å². The van der Waals surface area contributed by atoms with Crippen LogP contribution in [0.4, 0.5) is 0 Å². The number of rotatable bonds is 8. The van der Waals surface area contributed by atoms with E-state index in [4.69, 9.17) is 4.74 Å². The number of carboxylic acid groups (broad SMARTS) is 1. The Bertz CT molecular complexity index is 1450. The van der Waals surface area contributed by atoms with Crippen LogP contribution in [-0.4, -0.2) is 42.5 Å². The van der Waals surface area contributed by atoms with E-state index in [1.807, 2.05) is 37.5 Å². The van der Waals surface area contributed by atoms with Gasteiger partial charge in [-0.25, -0.2) is 9.48 Å². The molecule has 8 heteroatoms. The Morgan fingerprint density at radius 2 is 1.82 bits per heavy atom. The van der Waals surface area contributed by atoms with Crippen molar-refractivity contribution in [3.8, 4) is 22.6 Å². The standard InChI is InChI=1S/C30H33N5O3/c1-19-9-11-20(12-10-19)18-38-24-8-4-6-22(14-24)21-5-3-7-23(13-21)35-29(27(16-31-35)30(36)37)26-15-25(26)28-17-34(2)33-32-28/h3-8,13-14,16-17,19-20,25-26H,9-12,15,18H2,1-2H3,(H,36,37)/t19?,20?,25-,26-/m1/s1. The molecule has 1 N–H and O–H groups in total. The highest BCUT2D eigenvalue weighted by atomic mass is 16.5. The van der Waals surface area contributed by atoms with Crippen molar-refractivity contribution in [1.29, 1.82) is 0 Å². The smallest absolute Gasteiger partial charge is 0.339 e. The SMILES string of the molecule is CC1CCC(COc2cccc(-c3cccc(-n4ncc(C(=O)O)c4[C@@H]4C[C@H]4c4cn(C)nn4)c3)c2)CC1. The molecule has 38 heavy (non-hydrogen) atoms. The summed E-state index contributed by atoms with van der Waals surface area (Å²) in [6.07, 6.45) is 9.25. The summed E-state index contributed by atoms with van der Waals surface area (Å²) in [7, 11) is 1.84. The number of aromatic carboxylic acids is 1. The maximum Gasteiger partial charge on any atom is 0.339 e. The number of hydrogen-bond acceptors (Lipinski definition) is 5. The third-order valence-corrected chi connectivity index (χ3v) is 8.06. The van der Waals surface area contributed by atoms with E-state index < -0.39 is 5.97 Å². The van der Waals surface area contributed by atoms with Crippen molar-refractivity contribution in [3.63, 3.8) is 0 Å². The zero-order valence-electron chi connectivity index (χ0n) is 21.8. The Hall–Kier alpha value is -3.94. The Morgan fingerprint density at radius 3 is 2.55 bits per heavy atom. The van der Waals surface area contributed by atoms with E-state index in [9.17, 15) is 9.90 Å². The summed E-state index contributed by atoms with van der Waals surface area (Å²) < 4.78 is 9.66. The molecule has 6 rings (SSSR count). The van der Waals surface area contributed by atoms with Gasteiger partial charge in [-0.05, 0) is 66.5 Å². The summed E-state index contributed by atoms with van der Waals surface area (Å²) in [4.78, 5) is 12.1. The fraction of sp³-hybridized carbons (Fsp3) is 0.400. The lowest BCUT2D eigenvalue weighted by Gasteiger charge is -2.26. The summed E-state index contributed by atoms with van der Waals surface area (Å²) in [5, 5.41) is 22.7. The average Bonchev–Trinajstić information content (AvgIpc) is 3.37. The molecule has 0 aliphatic heterocycles. The molecule has 0 saturated heterocycles. The number of aromatic nitrogens is 5. The molecule has 2 aliphatic rings. The Labute approximate surface area is 222 Å². The number of carbonyl (C=O) groups is 1. The van der Waals surface area contributed by atoms with E-state index in [1.54, 1.807) is 9.36 Å². The Balaban J connectivity index is 1.24. The molecule has 0 unspecified atom stereocenters. The molecule has 2 fully saturated rings. The van der Waals surface area contributed by atoms with Crippen molar-refractivity contribution in [1.82, 2.24) is 24.8 Å². The van der Waals surface area contributed by atoms with E-state index in [1.165, 1.54) is 31.9 Å². The molecular weight excluding hydrogens is 478 g/mol. The van der Waals surface area contributed by atoms with Crippen LogP contribution >= 0.6 is 0 Å². The van der Waals surface area contributed by atoms with Gasteiger partial charge in [0.1, 0.15) is 11.3 Å². The lowest BCUT2D eigenvalue weighted by molar-refractivity contribution is 0.0695. The normalized spacial score (nSPS) is 22.8. The molecule has 0 radical (unpaired) electrons. The largest absolute Gasteiger partial charge is 0.493 e. The topological polar surface area (TPSA) is 95.1 Å². The van der Waals surface area contributed by atoms with Gasteiger partial charge >= 0.3 is 5.97 Å². The minimum absolute atomic E-state index is 0.0310. The van der Waals surface area contributed by atoms with Gasteiger partial charge in [0.15, 0.2) is 0 Å². The highest BCUT2D eigenvalue weighted by Crippen LogP contribution is 2.55. The van der Waals surface area contributed by atoms with Crippen molar-refractivity contribution < 1.29 is 14.6 Å². The number of benzene rings is 2. The van der Waals surface area contributed by atoms with Gasteiger partial charge in [-0.15, -0.1) is 5.10 Å². The third-order valence-electron chi connectivity index (χ3n) is 8.06. The van der Waals surface area contributed by atoms with Crippen LogP contribution in [0, 0.1) is 11.8 Å². The molecule has 2 atom stereocenters. The summed E-state index contributed by atoms with van der Waals surface area (Å²) >= 11 is 0. The second-order valence-electron chi connectivity index (χ2n) is 10.9. The van der Waals surface area contributed by atoms with E-state index >= 15 is 0 Å². The molecule has 0 amide bonds. The van der Waals surface area contributed by atoms with Crippen molar-refractivity contribution >= 4 is 5.97 Å². The van der Waals surface area contributed by atoms with Gasteiger partial charge in [0.05, 0.1) is 29.9 Å². The molecular formula is C30H33N5O3. The summed E-state index contributed by atoms with van der Waals surface area (Å²) in [5.41, 5.74) is 4.74. The fourth-order valence-electron chi connectivity index (χ4n) is 5.74. The lowest BCUT2D eigenvalue weighted by atomic mass is 9.83. The van der Waals surface area contributed by atoms with Crippen molar-refractivity contribution in [2.45, 2.75) is 50.9 Å². The minimum Gasteiger partial charge on any atom is -0.493 e. The zero-order chi connectivity index (χ0) is 26.2. The predicted octanol–water partition coefficient (Wildman–Crippen LogP) is 5.84.